The molecule has 0 radical (unpaired) electrons. The quantitative estimate of drug-likeness (QED) is 0.740. The predicted octanol–water partition coefficient (Wildman–Crippen LogP) is 1.49. The highest BCUT2D eigenvalue weighted by atomic mass is 16.5. The zero-order chi connectivity index (χ0) is 12.1. The van der Waals surface area contributed by atoms with Crippen LogP contribution in [0, 0.1) is 11.8 Å². The molecule has 0 saturated heterocycles. The zero-order valence-electron chi connectivity index (χ0n) is 10.3. The molecule has 0 heterocycles. The van der Waals surface area contributed by atoms with Crippen LogP contribution in [0.1, 0.15) is 39.5 Å². The second-order valence-electron chi connectivity index (χ2n) is 4.73. The number of ether oxygens (including phenoxy) is 1. The van der Waals surface area contributed by atoms with Crippen molar-refractivity contribution in [2.24, 2.45) is 11.8 Å². The van der Waals surface area contributed by atoms with Gasteiger partial charge in [0, 0.05) is 5.92 Å². The molecule has 1 saturated carbocycles. The van der Waals surface area contributed by atoms with Crippen LogP contribution in [0.5, 0.6) is 0 Å². The van der Waals surface area contributed by atoms with Crippen molar-refractivity contribution in [3.8, 4) is 0 Å². The van der Waals surface area contributed by atoms with Crippen LogP contribution in [0.15, 0.2) is 0 Å². The van der Waals surface area contributed by atoms with Crippen molar-refractivity contribution in [3.05, 3.63) is 0 Å². The predicted molar refractivity (Wildman–Crippen MR) is 60.7 cm³/mol. The van der Waals surface area contributed by atoms with Crippen LogP contribution in [-0.2, 0) is 14.3 Å². The van der Waals surface area contributed by atoms with Crippen molar-refractivity contribution >= 4 is 11.9 Å². The third kappa shape index (κ3) is 3.22. The van der Waals surface area contributed by atoms with E-state index in [0.717, 1.165) is 25.7 Å². The van der Waals surface area contributed by atoms with E-state index < -0.39 is 6.04 Å². The number of amides is 1. The van der Waals surface area contributed by atoms with Crippen molar-refractivity contribution in [2.75, 3.05) is 7.11 Å². The fourth-order valence-electron chi connectivity index (χ4n) is 2.08. The van der Waals surface area contributed by atoms with E-state index in [1.165, 1.54) is 7.11 Å². The van der Waals surface area contributed by atoms with Crippen LogP contribution in [0.2, 0.25) is 0 Å². The molecule has 4 heteroatoms. The van der Waals surface area contributed by atoms with Crippen molar-refractivity contribution < 1.29 is 14.3 Å². The monoisotopic (exact) mass is 227 g/mol. The van der Waals surface area contributed by atoms with Crippen LogP contribution in [-0.4, -0.2) is 25.0 Å². The summed E-state index contributed by atoms with van der Waals surface area (Å²) in [5.41, 5.74) is 0. The number of hydrogen-bond donors (Lipinski definition) is 1. The Morgan fingerprint density at radius 2 is 1.81 bits per heavy atom. The van der Waals surface area contributed by atoms with Gasteiger partial charge in [-0.25, -0.2) is 4.79 Å². The summed E-state index contributed by atoms with van der Waals surface area (Å²) in [7, 11) is 1.35. The van der Waals surface area contributed by atoms with Crippen LogP contribution >= 0.6 is 0 Å². The molecule has 0 aromatic heterocycles. The Bertz CT molecular complexity index is 257. The van der Waals surface area contributed by atoms with E-state index in [-0.39, 0.29) is 23.7 Å². The molecule has 1 unspecified atom stereocenters. The zero-order valence-corrected chi connectivity index (χ0v) is 10.3. The number of carbonyl (C=O) groups excluding carboxylic acids is 2. The molecule has 0 aliphatic heterocycles. The molecular formula is C12H21NO3. The molecule has 1 N–H and O–H groups in total. The number of rotatable bonds is 4. The Balaban J connectivity index is 2.53. The largest absolute Gasteiger partial charge is 0.467 e. The SMILES string of the molecule is COC(=O)C(NC(=O)C1CCCC1)C(C)C. The maximum absolute atomic E-state index is 11.9. The summed E-state index contributed by atoms with van der Waals surface area (Å²) in [6, 6.07) is -0.516. The molecule has 1 atom stereocenters. The number of esters is 1. The minimum absolute atomic E-state index is 0.00148. The summed E-state index contributed by atoms with van der Waals surface area (Å²) >= 11 is 0. The van der Waals surface area contributed by atoms with Crippen LogP contribution < -0.4 is 5.32 Å². The second kappa shape index (κ2) is 5.87. The second-order valence-corrected chi connectivity index (χ2v) is 4.73. The molecule has 16 heavy (non-hydrogen) atoms. The Kier molecular flexibility index (Phi) is 4.77. The normalized spacial score (nSPS) is 18.5. The summed E-state index contributed by atoms with van der Waals surface area (Å²) in [4.78, 5) is 23.3. The van der Waals surface area contributed by atoms with Gasteiger partial charge in [0.05, 0.1) is 7.11 Å². The highest BCUT2D eigenvalue weighted by Crippen LogP contribution is 2.25. The topological polar surface area (TPSA) is 55.4 Å². The molecule has 1 amide bonds. The minimum Gasteiger partial charge on any atom is -0.467 e. The summed E-state index contributed by atoms with van der Waals surface area (Å²) in [5.74, 6) is -0.216. The van der Waals surface area contributed by atoms with Crippen LogP contribution in [0.3, 0.4) is 0 Å². The molecule has 1 fully saturated rings. The Labute approximate surface area is 96.7 Å². The van der Waals surface area contributed by atoms with Gasteiger partial charge in [-0.3, -0.25) is 4.79 Å². The third-order valence-electron chi connectivity index (χ3n) is 3.15. The average molecular weight is 227 g/mol. The highest BCUT2D eigenvalue weighted by molar-refractivity contribution is 5.86. The van der Waals surface area contributed by atoms with E-state index >= 15 is 0 Å². The molecule has 0 aromatic rings. The molecule has 1 rings (SSSR count). The van der Waals surface area contributed by atoms with E-state index in [0.29, 0.717) is 0 Å². The van der Waals surface area contributed by atoms with Crippen molar-refractivity contribution in [3.63, 3.8) is 0 Å². The van der Waals surface area contributed by atoms with E-state index in [9.17, 15) is 9.59 Å². The summed E-state index contributed by atoms with van der Waals surface area (Å²) < 4.78 is 4.68. The Hall–Kier alpha value is -1.06. The molecule has 0 aromatic carbocycles. The average Bonchev–Trinajstić information content (AvgIpc) is 2.77. The van der Waals surface area contributed by atoms with Gasteiger partial charge < -0.3 is 10.1 Å². The van der Waals surface area contributed by atoms with Gasteiger partial charge in [0.1, 0.15) is 6.04 Å². The molecule has 1 aliphatic rings. The van der Waals surface area contributed by atoms with E-state index in [2.05, 4.69) is 10.1 Å². The summed E-state index contributed by atoms with van der Waals surface area (Å²) in [6.07, 6.45) is 4.11. The summed E-state index contributed by atoms with van der Waals surface area (Å²) in [6.45, 7) is 3.80. The van der Waals surface area contributed by atoms with E-state index in [1.807, 2.05) is 13.8 Å². The van der Waals surface area contributed by atoms with E-state index in [1.54, 1.807) is 0 Å². The van der Waals surface area contributed by atoms with Gasteiger partial charge in [-0.05, 0) is 18.8 Å². The molecule has 1 aliphatic carbocycles. The van der Waals surface area contributed by atoms with Gasteiger partial charge in [-0.1, -0.05) is 26.7 Å². The van der Waals surface area contributed by atoms with Gasteiger partial charge in [-0.15, -0.1) is 0 Å². The minimum atomic E-state index is -0.516. The molecular weight excluding hydrogens is 206 g/mol. The first kappa shape index (κ1) is 13.0. The Morgan fingerprint density at radius 1 is 1.25 bits per heavy atom. The maximum Gasteiger partial charge on any atom is 0.328 e. The van der Waals surface area contributed by atoms with Crippen LogP contribution in [0.4, 0.5) is 0 Å². The van der Waals surface area contributed by atoms with Crippen molar-refractivity contribution in [1.29, 1.82) is 0 Å². The molecule has 0 spiro atoms. The standard InChI is InChI=1S/C12H21NO3/c1-8(2)10(12(15)16-3)13-11(14)9-6-4-5-7-9/h8-10H,4-7H2,1-3H3,(H,13,14). The lowest BCUT2D eigenvalue weighted by molar-refractivity contribution is -0.146. The fourth-order valence-corrected chi connectivity index (χ4v) is 2.08. The van der Waals surface area contributed by atoms with Crippen molar-refractivity contribution in [1.82, 2.24) is 5.32 Å². The summed E-state index contributed by atoms with van der Waals surface area (Å²) in [5, 5.41) is 2.80. The van der Waals surface area contributed by atoms with Gasteiger partial charge in [0.25, 0.3) is 0 Å². The third-order valence-corrected chi connectivity index (χ3v) is 3.15. The first-order chi connectivity index (χ1) is 7.56. The van der Waals surface area contributed by atoms with Gasteiger partial charge in [0.15, 0.2) is 0 Å². The van der Waals surface area contributed by atoms with Gasteiger partial charge in [-0.2, -0.15) is 0 Å². The smallest absolute Gasteiger partial charge is 0.328 e. The lowest BCUT2D eigenvalue weighted by Gasteiger charge is -2.21. The van der Waals surface area contributed by atoms with Crippen LogP contribution in [0.25, 0.3) is 0 Å². The lowest BCUT2D eigenvalue weighted by Crippen LogP contribution is -2.46. The Morgan fingerprint density at radius 3 is 2.25 bits per heavy atom. The number of carbonyl (C=O) groups is 2. The number of hydrogen-bond acceptors (Lipinski definition) is 3. The van der Waals surface area contributed by atoms with Gasteiger partial charge in [0.2, 0.25) is 5.91 Å². The van der Waals surface area contributed by atoms with Crippen molar-refractivity contribution in [2.45, 2.75) is 45.6 Å². The fraction of sp³-hybridized carbons (Fsp3) is 0.833. The maximum atomic E-state index is 11.9. The number of methoxy groups -OCH3 is 1. The number of nitrogens with one attached hydrogen (secondary N) is 1. The first-order valence-corrected chi connectivity index (χ1v) is 5.94. The first-order valence-electron chi connectivity index (χ1n) is 5.94. The lowest BCUT2D eigenvalue weighted by atomic mass is 10.0. The van der Waals surface area contributed by atoms with E-state index in [4.69, 9.17) is 0 Å². The highest BCUT2D eigenvalue weighted by Gasteiger charge is 2.29. The molecule has 4 nitrogen and oxygen atoms in total. The molecule has 0 bridgehead atoms. The molecule has 92 valence electrons. The van der Waals surface area contributed by atoms with Gasteiger partial charge >= 0.3 is 5.97 Å².